The van der Waals surface area contributed by atoms with Gasteiger partial charge in [0.15, 0.2) is 0 Å². The van der Waals surface area contributed by atoms with Gasteiger partial charge < -0.3 is 11.1 Å². The molecule has 0 saturated heterocycles. The molecule has 0 bridgehead atoms. The molecule has 1 amide bonds. The molecule has 14 heavy (non-hydrogen) atoms. The lowest BCUT2D eigenvalue weighted by molar-refractivity contribution is -0.119. The van der Waals surface area contributed by atoms with Crippen molar-refractivity contribution in [1.82, 2.24) is 5.32 Å². The van der Waals surface area contributed by atoms with Crippen LogP contribution in [0.1, 0.15) is 5.56 Å². The summed E-state index contributed by atoms with van der Waals surface area (Å²) in [6.45, 7) is 0.598. The molecule has 0 radical (unpaired) electrons. The standard InChI is InChI=1S/C10H13ClN2O/c11-6-9(10(12)14)13-7-8-4-2-1-3-5-8/h1-5,9,13H,6-7H2,(H2,12,14)/t9-/m1/s1. The van der Waals surface area contributed by atoms with Crippen molar-refractivity contribution < 1.29 is 4.79 Å². The van der Waals surface area contributed by atoms with Crippen LogP contribution in [0.4, 0.5) is 0 Å². The smallest absolute Gasteiger partial charge is 0.235 e. The zero-order valence-electron chi connectivity index (χ0n) is 7.74. The second-order valence-corrected chi connectivity index (χ2v) is 3.28. The number of carbonyl (C=O) groups is 1. The van der Waals surface area contributed by atoms with Gasteiger partial charge in [-0.1, -0.05) is 30.3 Å². The number of halogens is 1. The fourth-order valence-electron chi connectivity index (χ4n) is 1.07. The van der Waals surface area contributed by atoms with Crippen molar-refractivity contribution in [3.05, 3.63) is 35.9 Å². The van der Waals surface area contributed by atoms with Gasteiger partial charge in [-0.05, 0) is 5.56 Å². The van der Waals surface area contributed by atoms with Gasteiger partial charge >= 0.3 is 0 Å². The first-order valence-corrected chi connectivity index (χ1v) is 4.90. The van der Waals surface area contributed by atoms with E-state index in [0.29, 0.717) is 6.54 Å². The molecule has 76 valence electrons. The van der Waals surface area contributed by atoms with Gasteiger partial charge in [0.2, 0.25) is 5.91 Å². The van der Waals surface area contributed by atoms with Crippen LogP contribution in [0.3, 0.4) is 0 Å². The summed E-state index contributed by atoms with van der Waals surface area (Å²) in [5.74, 6) is -0.224. The van der Waals surface area contributed by atoms with E-state index in [-0.39, 0.29) is 5.88 Å². The molecule has 3 nitrogen and oxygen atoms in total. The van der Waals surface area contributed by atoms with Crippen LogP contribution in [-0.4, -0.2) is 17.8 Å². The summed E-state index contributed by atoms with van der Waals surface area (Å²) in [5, 5.41) is 2.98. The number of primary amides is 1. The molecule has 0 aromatic heterocycles. The van der Waals surface area contributed by atoms with Crippen molar-refractivity contribution in [3.8, 4) is 0 Å². The van der Waals surface area contributed by atoms with Crippen LogP contribution >= 0.6 is 11.6 Å². The fourth-order valence-corrected chi connectivity index (χ4v) is 1.33. The number of carbonyl (C=O) groups excluding carboxylic acids is 1. The zero-order valence-corrected chi connectivity index (χ0v) is 8.50. The second-order valence-electron chi connectivity index (χ2n) is 2.98. The van der Waals surface area contributed by atoms with E-state index in [1.807, 2.05) is 30.3 Å². The molecule has 0 heterocycles. The van der Waals surface area contributed by atoms with E-state index < -0.39 is 11.9 Å². The molecule has 1 aromatic rings. The average molecular weight is 213 g/mol. The lowest BCUT2D eigenvalue weighted by Crippen LogP contribution is -2.42. The molecule has 1 atom stereocenters. The van der Waals surface area contributed by atoms with Crippen molar-refractivity contribution in [1.29, 1.82) is 0 Å². The molecule has 1 aromatic carbocycles. The number of nitrogens with one attached hydrogen (secondary N) is 1. The molecule has 3 N–H and O–H groups in total. The topological polar surface area (TPSA) is 55.1 Å². The number of nitrogens with two attached hydrogens (primary N) is 1. The summed E-state index contributed by atoms with van der Waals surface area (Å²) in [6, 6.07) is 9.31. The van der Waals surface area contributed by atoms with Crippen molar-refractivity contribution >= 4 is 17.5 Å². The predicted octanol–water partition coefficient (Wildman–Crippen LogP) is 0.869. The Labute approximate surface area is 88.2 Å². The maximum atomic E-state index is 10.8. The normalized spacial score (nSPS) is 12.4. The van der Waals surface area contributed by atoms with E-state index in [2.05, 4.69) is 5.32 Å². The summed E-state index contributed by atoms with van der Waals surface area (Å²) in [7, 11) is 0. The van der Waals surface area contributed by atoms with Gasteiger partial charge in [-0.2, -0.15) is 0 Å². The van der Waals surface area contributed by atoms with E-state index in [9.17, 15) is 4.79 Å². The maximum absolute atomic E-state index is 10.8. The third-order valence-electron chi connectivity index (χ3n) is 1.89. The maximum Gasteiger partial charge on any atom is 0.235 e. The second kappa shape index (κ2) is 5.62. The Morgan fingerprint density at radius 3 is 2.57 bits per heavy atom. The van der Waals surface area contributed by atoms with Gasteiger partial charge in [0.1, 0.15) is 6.04 Å². The Balaban J connectivity index is 2.44. The number of rotatable bonds is 5. The average Bonchev–Trinajstić information content (AvgIpc) is 2.20. The van der Waals surface area contributed by atoms with Crippen LogP contribution in [0.2, 0.25) is 0 Å². The number of hydrogen-bond acceptors (Lipinski definition) is 2. The summed E-state index contributed by atoms with van der Waals surface area (Å²) in [6.07, 6.45) is 0. The molecular weight excluding hydrogens is 200 g/mol. The lowest BCUT2D eigenvalue weighted by Gasteiger charge is -2.11. The monoisotopic (exact) mass is 212 g/mol. The highest BCUT2D eigenvalue weighted by molar-refractivity contribution is 6.19. The predicted molar refractivity (Wildman–Crippen MR) is 57.0 cm³/mol. The Kier molecular flexibility index (Phi) is 4.43. The van der Waals surface area contributed by atoms with Crippen LogP contribution in [0.15, 0.2) is 30.3 Å². The first kappa shape index (κ1) is 11.0. The number of benzene rings is 1. The van der Waals surface area contributed by atoms with E-state index in [1.54, 1.807) is 0 Å². The molecule has 0 aliphatic rings. The van der Waals surface area contributed by atoms with E-state index in [0.717, 1.165) is 5.56 Å². The van der Waals surface area contributed by atoms with Gasteiger partial charge in [-0.25, -0.2) is 0 Å². The molecule has 0 fully saturated rings. The quantitative estimate of drug-likeness (QED) is 0.712. The summed E-state index contributed by atoms with van der Waals surface area (Å²) in [5.41, 5.74) is 6.23. The highest BCUT2D eigenvalue weighted by Gasteiger charge is 2.12. The van der Waals surface area contributed by atoms with Gasteiger partial charge in [-0.15, -0.1) is 11.6 Å². The number of alkyl halides is 1. The van der Waals surface area contributed by atoms with E-state index in [4.69, 9.17) is 17.3 Å². The minimum absolute atomic E-state index is 0.197. The molecular formula is C10H13ClN2O. The van der Waals surface area contributed by atoms with Gasteiger partial charge in [0, 0.05) is 12.4 Å². The highest BCUT2D eigenvalue weighted by atomic mass is 35.5. The van der Waals surface area contributed by atoms with Crippen molar-refractivity contribution in [2.45, 2.75) is 12.6 Å². The molecule has 0 saturated carbocycles. The fraction of sp³-hybridized carbons (Fsp3) is 0.300. The van der Waals surface area contributed by atoms with Crippen LogP contribution in [0, 0.1) is 0 Å². The zero-order chi connectivity index (χ0) is 10.4. The van der Waals surface area contributed by atoms with Gasteiger partial charge in [0.05, 0.1) is 0 Å². The Morgan fingerprint density at radius 2 is 2.07 bits per heavy atom. The number of hydrogen-bond donors (Lipinski definition) is 2. The van der Waals surface area contributed by atoms with Crippen LogP contribution < -0.4 is 11.1 Å². The Hall–Kier alpha value is -1.06. The molecule has 1 rings (SSSR count). The van der Waals surface area contributed by atoms with E-state index >= 15 is 0 Å². The number of amides is 1. The molecule has 0 spiro atoms. The lowest BCUT2D eigenvalue weighted by atomic mass is 10.2. The van der Waals surface area contributed by atoms with Gasteiger partial charge in [0.25, 0.3) is 0 Å². The summed E-state index contributed by atoms with van der Waals surface area (Å²) >= 11 is 5.57. The SMILES string of the molecule is NC(=O)[C@@H](CCl)NCc1ccccc1. The van der Waals surface area contributed by atoms with Crippen LogP contribution in [0.25, 0.3) is 0 Å². The minimum Gasteiger partial charge on any atom is -0.368 e. The first-order valence-electron chi connectivity index (χ1n) is 4.36. The molecule has 4 heteroatoms. The minimum atomic E-state index is -0.461. The highest BCUT2D eigenvalue weighted by Crippen LogP contribution is 1.98. The van der Waals surface area contributed by atoms with Crippen LogP contribution in [-0.2, 0) is 11.3 Å². The van der Waals surface area contributed by atoms with Gasteiger partial charge in [-0.3, -0.25) is 4.79 Å². The van der Waals surface area contributed by atoms with Crippen LogP contribution in [0.5, 0.6) is 0 Å². The van der Waals surface area contributed by atoms with Crippen molar-refractivity contribution in [3.63, 3.8) is 0 Å². The van der Waals surface area contributed by atoms with Crippen molar-refractivity contribution in [2.24, 2.45) is 5.73 Å². The molecule has 0 unspecified atom stereocenters. The summed E-state index contributed by atoms with van der Waals surface area (Å²) in [4.78, 5) is 10.8. The third-order valence-corrected chi connectivity index (χ3v) is 2.20. The van der Waals surface area contributed by atoms with E-state index in [1.165, 1.54) is 0 Å². The molecule has 0 aliphatic carbocycles. The largest absolute Gasteiger partial charge is 0.368 e. The molecule has 0 aliphatic heterocycles. The first-order chi connectivity index (χ1) is 6.74. The van der Waals surface area contributed by atoms with Crippen molar-refractivity contribution in [2.75, 3.05) is 5.88 Å². The Bertz CT molecular complexity index is 289. The summed E-state index contributed by atoms with van der Waals surface area (Å²) < 4.78 is 0. The Morgan fingerprint density at radius 1 is 1.43 bits per heavy atom. The third kappa shape index (κ3) is 3.36.